The summed E-state index contributed by atoms with van der Waals surface area (Å²) in [6.07, 6.45) is 3.39. The highest BCUT2D eigenvalue weighted by molar-refractivity contribution is 7.99. The third-order valence-electron chi connectivity index (χ3n) is 5.05. The molecule has 0 radical (unpaired) electrons. The summed E-state index contributed by atoms with van der Waals surface area (Å²) < 4.78 is 15.6. The number of aromatic nitrogens is 2. The van der Waals surface area contributed by atoms with Crippen molar-refractivity contribution in [1.29, 1.82) is 0 Å². The molecule has 0 fully saturated rings. The second-order valence-electron chi connectivity index (χ2n) is 7.62. The molecule has 0 aliphatic carbocycles. The van der Waals surface area contributed by atoms with E-state index in [2.05, 4.69) is 15.6 Å². The molecule has 4 rings (SSSR count). The fourth-order valence-corrected chi connectivity index (χ4v) is 4.03. The van der Waals surface area contributed by atoms with Crippen molar-refractivity contribution < 1.29 is 14.0 Å². The van der Waals surface area contributed by atoms with Crippen molar-refractivity contribution in [2.45, 2.75) is 18.6 Å². The minimum atomic E-state index is -0.486. The normalized spacial score (nSPS) is 10.6. The fourth-order valence-electron chi connectivity index (χ4n) is 3.26. The molecule has 3 aromatic carbocycles. The Kier molecular flexibility index (Phi) is 7.39. The highest BCUT2D eigenvalue weighted by atomic mass is 32.2. The number of anilines is 1. The van der Waals surface area contributed by atoms with Gasteiger partial charge in [0.15, 0.2) is 5.16 Å². The van der Waals surface area contributed by atoms with Gasteiger partial charge in [-0.3, -0.25) is 14.2 Å². The summed E-state index contributed by atoms with van der Waals surface area (Å²) in [6.45, 7) is 2.46. The topological polar surface area (TPSA) is 76.0 Å². The number of hydrogen-bond donors (Lipinski definition) is 2. The molecule has 34 heavy (non-hydrogen) atoms. The van der Waals surface area contributed by atoms with Crippen molar-refractivity contribution in [2.75, 3.05) is 11.1 Å². The summed E-state index contributed by atoms with van der Waals surface area (Å²) in [7, 11) is 0. The number of aryl methyl sites for hydroxylation is 1. The van der Waals surface area contributed by atoms with Gasteiger partial charge in [-0.25, -0.2) is 9.37 Å². The van der Waals surface area contributed by atoms with Crippen LogP contribution in [0.4, 0.5) is 10.1 Å². The van der Waals surface area contributed by atoms with Gasteiger partial charge in [0.05, 0.1) is 11.4 Å². The van der Waals surface area contributed by atoms with Crippen LogP contribution in [0.1, 0.15) is 21.5 Å². The predicted molar refractivity (Wildman–Crippen MR) is 132 cm³/mol. The van der Waals surface area contributed by atoms with E-state index in [1.54, 1.807) is 47.3 Å². The van der Waals surface area contributed by atoms with Crippen LogP contribution < -0.4 is 10.6 Å². The highest BCUT2D eigenvalue weighted by Gasteiger charge is 2.13. The molecule has 0 unspecified atom stereocenters. The molecular weight excluding hydrogens is 451 g/mol. The average molecular weight is 475 g/mol. The molecular formula is C26H23FN4O2S. The number of nitrogens with zero attached hydrogens (tertiary/aromatic N) is 2. The predicted octanol–water partition coefficient (Wildman–Crippen LogP) is 4.98. The highest BCUT2D eigenvalue weighted by Crippen LogP contribution is 2.22. The van der Waals surface area contributed by atoms with E-state index < -0.39 is 5.82 Å². The molecule has 0 saturated heterocycles. The molecule has 0 bridgehead atoms. The zero-order chi connectivity index (χ0) is 23.9. The summed E-state index contributed by atoms with van der Waals surface area (Å²) in [4.78, 5) is 29.3. The number of imidazole rings is 1. The first-order valence-corrected chi connectivity index (χ1v) is 11.6. The van der Waals surface area contributed by atoms with Crippen LogP contribution in [0.2, 0.25) is 0 Å². The second kappa shape index (κ2) is 10.8. The molecule has 1 aromatic heterocycles. The summed E-state index contributed by atoms with van der Waals surface area (Å²) >= 11 is 1.22. The molecule has 0 aliphatic heterocycles. The summed E-state index contributed by atoms with van der Waals surface area (Å²) in [6, 6.07) is 21.2. The first-order chi connectivity index (χ1) is 16.5. The Morgan fingerprint density at radius 1 is 1.03 bits per heavy atom. The van der Waals surface area contributed by atoms with Crippen LogP contribution in [-0.4, -0.2) is 27.1 Å². The molecule has 8 heteroatoms. The first kappa shape index (κ1) is 23.3. The van der Waals surface area contributed by atoms with Gasteiger partial charge in [-0.15, -0.1) is 0 Å². The van der Waals surface area contributed by atoms with Gasteiger partial charge in [0, 0.05) is 30.2 Å². The number of nitrogens with one attached hydrogen (secondary N) is 2. The largest absolute Gasteiger partial charge is 0.348 e. The number of halogens is 1. The third-order valence-corrected chi connectivity index (χ3v) is 6.01. The van der Waals surface area contributed by atoms with Crippen molar-refractivity contribution >= 4 is 29.3 Å². The number of benzene rings is 3. The van der Waals surface area contributed by atoms with E-state index in [4.69, 9.17) is 0 Å². The Hall–Kier alpha value is -3.91. The maximum Gasteiger partial charge on any atom is 0.251 e. The van der Waals surface area contributed by atoms with Crippen LogP contribution in [0.15, 0.2) is 90.3 Å². The number of carbonyl (C=O) groups is 2. The van der Waals surface area contributed by atoms with Gasteiger partial charge in [-0.1, -0.05) is 59.8 Å². The molecule has 2 amide bonds. The Morgan fingerprint density at radius 2 is 1.82 bits per heavy atom. The lowest BCUT2D eigenvalue weighted by molar-refractivity contribution is -0.113. The van der Waals surface area contributed by atoms with E-state index in [-0.39, 0.29) is 23.3 Å². The fraction of sp³-hybridized carbons (Fsp3) is 0.115. The molecule has 172 valence electrons. The van der Waals surface area contributed by atoms with Crippen LogP contribution >= 0.6 is 11.8 Å². The first-order valence-electron chi connectivity index (χ1n) is 10.6. The number of carbonyl (C=O) groups excluding carboxylic acids is 2. The number of rotatable bonds is 8. The third kappa shape index (κ3) is 5.90. The Labute approximate surface area is 201 Å². The summed E-state index contributed by atoms with van der Waals surface area (Å²) in [5.41, 5.74) is 3.60. The van der Waals surface area contributed by atoms with Gasteiger partial charge in [0.25, 0.3) is 5.91 Å². The van der Waals surface area contributed by atoms with E-state index in [1.165, 1.54) is 29.5 Å². The number of hydrogen-bond acceptors (Lipinski definition) is 4. The van der Waals surface area contributed by atoms with Crippen LogP contribution in [0.5, 0.6) is 0 Å². The number of para-hydroxylation sites is 1. The maximum atomic E-state index is 13.7. The van der Waals surface area contributed by atoms with Crippen molar-refractivity contribution in [3.8, 4) is 5.69 Å². The van der Waals surface area contributed by atoms with Crippen molar-refractivity contribution in [2.24, 2.45) is 0 Å². The van der Waals surface area contributed by atoms with Gasteiger partial charge in [-0.05, 0) is 42.8 Å². The summed E-state index contributed by atoms with van der Waals surface area (Å²) in [5, 5.41) is 6.08. The lowest BCUT2D eigenvalue weighted by Crippen LogP contribution is -2.22. The van der Waals surface area contributed by atoms with E-state index in [0.717, 1.165) is 11.3 Å². The Bertz CT molecular complexity index is 1300. The van der Waals surface area contributed by atoms with Crippen LogP contribution in [0, 0.1) is 12.7 Å². The average Bonchev–Trinajstić information content (AvgIpc) is 3.32. The lowest BCUT2D eigenvalue weighted by Gasteiger charge is -2.10. The minimum Gasteiger partial charge on any atom is -0.348 e. The van der Waals surface area contributed by atoms with Gasteiger partial charge in [-0.2, -0.15) is 0 Å². The molecule has 6 nitrogen and oxygen atoms in total. The molecule has 4 aromatic rings. The van der Waals surface area contributed by atoms with Crippen LogP contribution in [0.25, 0.3) is 5.69 Å². The summed E-state index contributed by atoms with van der Waals surface area (Å²) in [5.74, 6) is -0.947. The molecule has 1 heterocycles. The van der Waals surface area contributed by atoms with Gasteiger partial charge >= 0.3 is 0 Å². The number of amides is 2. The zero-order valence-electron chi connectivity index (χ0n) is 18.5. The molecule has 0 aliphatic rings. The van der Waals surface area contributed by atoms with Crippen LogP contribution in [-0.2, 0) is 11.3 Å². The second-order valence-corrected chi connectivity index (χ2v) is 8.56. The van der Waals surface area contributed by atoms with Gasteiger partial charge < -0.3 is 10.6 Å². The Balaban J connectivity index is 1.39. The number of thioether (sulfide) groups is 1. The lowest BCUT2D eigenvalue weighted by atomic mass is 10.1. The molecule has 0 spiro atoms. The van der Waals surface area contributed by atoms with Crippen molar-refractivity contribution in [3.05, 3.63) is 108 Å². The van der Waals surface area contributed by atoms with Crippen molar-refractivity contribution in [3.63, 3.8) is 0 Å². The van der Waals surface area contributed by atoms with E-state index in [9.17, 15) is 14.0 Å². The van der Waals surface area contributed by atoms with Gasteiger partial charge in [0.2, 0.25) is 5.91 Å². The maximum absolute atomic E-state index is 13.7. The van der Waals surface area contributed by atoms with Crippen molar-refractivity contribution in [1.82, 2.24) is 14.9 Å². The Morgan fingerprint density at radius 3 is 2.62 bits per heavy atom. The van der Waals surface area contributed by atoms with E-state index >= 15 is 0 Å². The minimum absolute atomic E-state index is 0.0576. The molecule has 2 N–H and O–H groups in total. The monoisotopic (exact) mass is 474 g/mol. The standard InChI is InChI=1S/C26H23FN4O2S/c1-18-9-11-19(12-10-18)16-29-25(33)20-5-4-6-21(15-20)31-14-13-28-26(31)34-17-24(32)30-23-8-3-2-7-22(23)27/h2-15H,16-17H2,1H3,(H,29,33)(H,30,32). The molecule has 0 atom stereocenters. The van der Waals surface area contributed by atoms with Crippen LogP contribution in [0.3, 0.4) is 0 Å². The van der Waals surface area contributed by atoms with Gasteiger partial charge in [0.1, 0.15) is 5.82 Å². The smallest absolute Gasteiger partial charge is 0.251 e. The zero-order valence-corrected chi connectivity index (χ0v) is 19.3. The quantitative estimate of drug-likeness (QED) is 0.353. The SMILES string of the molecule is Cc1ccc(CNC(=O)c2cccc(-n3ccnc3SCC(=O)Nc3ccccc3F)c2)cc1. The molecule has 0 saturated carbocycles. The van der Waals surface area contributed by atoms with E-state index in [0.29, 0.717) is 17.3 Å². The van der Waals surface area contributed by atoms with E-state index in [1.807, 2.05) is 37.3 Å².